The van der Waals surface area contributed by atoms with Crippen molar-refractivity contribution in [2.75, 3.05) is 31.2 Å². The third-order valence-electron chi connectivity index (χ3n) is 8.77. The highest BCUT2D eigenvalue weighted by Crippen LogP contribution is 2.60. The van der Waals surface area contributed by atoms with Crippen molar-refractivity contribution >= 4 is 50.2 Å². The SMILES string of the molecule is C=CCCCOC(=O)[C@H]1[C@H]2C(=O)N(CCCCCO)C(C(=O)N(CC=C)c3ccc4ccccc4c3)C23CC(Br)[C@@H]1O3. The van der Waals surface area contributed by atoms with Crippen LogP contribution in [0.5, 0.6) is 0 Å². The number of unbranched alkanes of at least 4 members (excludes halogenated alkanes) is 3. The van der Waals surface area contributed by atoms with E-state index in [0.29, 0.717) is 44.3 Å². The zero-order valence-electron chi connectivity index (χ0n) is 23.8. The van der Waals surface area contributed by atoms with E-state index in [1.807, 2.05) is 42.5 Å². The number of fused-ring (bicyclic) bond motifs is 2. The summed E-state index contributed by atoms with van der Waals surface area (Å²) in [6.07, 6.45) is 6.61. The van der Waals surface area contributed by atoms with Crippen LogP contribution in [-0.2, 0) is 23.9 Å². The molecule has 3 aliphatic heterocycles. The van der Waals surface area contributed by atoms with Gasteiger partial charge in [-0.2, -0.15) is 0 Å². The smallest absolute Gasteiger partial charge is 0.312 e. The van der Waals surface area contributed by atoms with Crippen LogP contribution < -0.4 is 4.90 Å². The first kappa shape index (κ1) is 30.4. The Hall–Kier alpha value is -3.01. The summed E-state index contributed by atoms with van der Waals surface area (Å²) < 4.78 is 12.2. The van der Waals surface area contributed by atoms with Gasteiger partial charge in [-0.1, -0.05) is 58.4 Å². The molecule has 1 N–H and O–H groups in total. The molecule has 224 valence electrons. The summed E-state index contributed by atoms with van der Waals surface area (Å²) in [6, 6.07) is 12.9. The molecular weight excluding hydrogens is 600 g/mol. The van der Waals surface area contributed by atoms with Gasteiger partial charge in [0.25, 0.3) is 5.91 Å². The van der Waals surface area contributed by atoms with E-state index < -0.39 is 35.6 Å². The number of ether oxygens (including phenoxy) is 2. The van der Waals surface area contributed by atoms with Gasteiger partial charge in [0, 0.05) is 30.2 Å². The lowest BCUT2D eigenvalue weighted by Crippen LogP contribution is -2.57. The van der Waals surface area contributed by atoms with E-state index in [1.54, 1.807) is 22.0 Å². The van der Waals surface area contributed by atoms with Crippen LogP contribution in [0, 0.1) is 11.8 Å². The summed E-state index contributed by atoms with van der Waals surface area (Å²) in [5.74, 6) is -2.57. The Kier molecular flexibility index (Phi) is 9.50. The second-order valence-electron chi connectivity index (χ2n) is 11.3. The van der Waals surface area contributed by atoms with Crippen molar-refractivity contribution in [2.24, 2.45) is 11.8 Å². The van der Waals surface area contributed by atoms with E-state index >= 15 is 0 Å². The Labute approximate surface area is 255 Å². The largest absolute Gasteiger partial charge is 0.465 e. The van der Waals surface area contributed by atoms with Gasteiger partial charge in [0.15, 0.2) is 0 Å². The first-order valence-electron chi connectivity index (χ1n) is 14.8. The zero-order valence-corrected chi connectivity index (χ0v) is 25.4. The minimum Gasteiger partial charge on any atom is -0.465 e. The molecular formula is C33H39BrN2O6. The predicted molar refractivity (Wildman–Crippen MR) is 165 cm³/mol. The molecule has 2 aromatic carbocycles. The molecule has 1 spiro atoms. The number of rotatable bonds is 14. The van der Waals surface area contributed by atoms with Gasteiger partial charge in [-0.05, 0) is 61.4 Å². The molecule has 8 nitrogen and oxygen atoms in total. The predicted octanol–water partition coefficient (Wildman–Crippen LogP) is 4.78. The molecule has 3 unspecified atom stereocenters. The van der Waals surface area contributed by atoms with E-state index in [1.165, 1.54) is 0 Å². The van der Waals surface area contributed by atoms with Gasteiger partial charge in [-0.3, -0.25) is 14.4 Å². The van der Waals surface area contributed by atoms with Crippen molar-refractivity contribution in [1.82, 2.24) is 4.90 Å². The maximum absolute atomic E-state index is 14.7. The van der Waals surface area contributed by atoms with Crippen LogP contribution in [0.3, 0.4) is 0 Å². The van der Waals surface area contributed by atoms with Crippen molar-refractivity contribution in [3.63, 3.8) is 0 Å². The number of esters is 1. The van der Waals surface area contributed by atoms with Crippen LogP contribution in [0.15, 0.2) is 67.8 Å². The normalized spacial score (nSPS) is 27.7. The van der Waals surface area contributed by atoms with E-state index in [0.717, 1.165) is 17.2 Å². The summed E-state index contributed by atoms with van der Waals surface area (Å²) >= 11 is 3.71. The summed E-state index contributed by atoms with van der Waals surface area (Å²) in [6.45, 7) is 8.48. The molecule has 2 bridgehead atoms. The Bertz CT molecular complexity index is 1350. The highest BCUT2D eigenvalue weighted by atomic mass is 79.9. The Morgan fingerprint density at radius 1 is 1.12 bits per heavy atom. The first-order chi connectivity index (χ1) is 20.4. The van der Waals surface area contributed by atoms with E-state index in [4.69, 9.17) is 9.47 Å². The maximum Gasteiger partial charge on any atom is 0.312 e. The van der Waals surface area contributed by atoms with Gasteiger partial charge < -0.3 is 24.4 Å². The van der Waals surface area contributed by atoms with E-state index in [9.17, 15) is 19.5 Å². The van der Waals surface area contributed by atoms with Crippen LogP contribution in [-0.4, -0.2) is 76.7 Å². The van der Waals surface area contributed by atoms with Crippen molar-refractivity contribution in [1.29, 1.82) is 0 Å². The highest BCUT2D eigenvalue weighted by molar-refractivity contribution is 9.09. The monoisotopic (exact) mass is 638 g/mol. The number of carbonyl (C=O) groups excluding carboxylic acids is 3. The van der Waals surface area contributed by atoms with Gasteiger partial charge >= 0.3 is 5.97 Å². The van der Waals surface area contributed by atoms with Crippen molar-refractivity contribution in [2.45, 2.75) is 61.1 Å². The molecule has 5 rings (SSSR count). The number of halogens is 1. The first-order valence-corrected chi connectivity index (χ1v) is 15.7. The van der Waals surface area contributed by atoms with E-state index in [2.05, 4.69) is 29.1 Å². The summed E-state index contributed by atoms with van der Waals surface area (Å²) in [4.78, 5) is 45.4. The second kappa shape index (κ2) is 13.1. The number of carbonyl (C=O) groups is 3. The van der Waals surface area contributed by atoms with Crippen molar-refractivity contribution < 1.29 is 29.0 Å². The summed E-state index contributed by atoms with van der Waals surface area (Å²) in [5.41, 5.74) is -0.461. The fraction of sp³-hybridized carbons (Fsp3) is 0.485. The minimum atomic E-state index is -1.16. The number of benzene rings is 2. The number of aliphatic hydroxyl groups is 1. The molecule has 2 aromatic rings. The van der Waals surface area contributed by atoms with Gasteiger partial charge in [0.1, 0.15) is 11.6 Å². The van der Waals surface area contributed by atoms with Gasteiger partial charge in [-0.15, -0.1) is 13.2 Å². The standard InChI is InChI=1S/C33H39BrN2O6/c1-3-5-11-19-41-32(40)26-27-30(38)36(17-9-6-10-18-37)29(33(27)21-25(34)28(26)42-33)31(39)35(16-4-2)24-15-14-22-12-7-8-13-23(22)20-24/h3-4,7-8,12-15,20,25-29,37H,1-2,5-6,9-11,16-19,21H2/t25?,26-,27-,28-,29?,33?/m0/s1. The number of hydrogen-bond acceptors (Lipinski definition) is 6. The second-order valence-corrected chi connectivity index (χ2v) is 12.5. The number of anilines is 1. The van der Waals surface area contributed by atoms with Gasteiger partial charge in [0.2, 0.25) is 5.91 Å². The third-order valence-corrected chi connectivity index (χ3v) is 9.62. The number of hydrogen-bond donors (Lipinski definition) is 1. The van der Waals surface area contributed by atoms with Crippen LogP contribution in [0.25, 0.3) is 10.8 Å². The fourth-order valence-corrected chi connectivity index (χ4v) is 7.87. The lowest BCUT2D eigenvalue weighted by molar-refractivity contribution is -0.155. The fourth-order valence-electron chi connectivity index (χ4n) is 6.93. The summed E-state index contributed by atoms with van der Waals surface area (Å²) in [7, 11) is 0. The maximum atomic E-state index is 14.7. The topological polar surface area (TPSA) is 96.4 Å². The van der Waals surface area contributed by atoms with Crippen molar-refractivity contribution in [3.05, 3.63) is 67.8 Å². The molecule has 3 heterocycles. The third kappa shape index (κ3) is 5.42. The Morgan fingerprint density at radius 2 is 1.90 bits per heavy atom. The molecule has 9 heteroatoms. The number of nitrogens with zero attached hydrogens (tertiary/aromatic N) is 2. The van der Waals surface area contributed by atoms with Crippen LogP contribution in [0.4, 0.5) is 5.69 Å². The highest BCUT2D eigenvalue weighted by Gasteiger charge is 2.77. The Balaban J connectivity index is 1.51. The number of aliphatic hydroxyl groups excluding tert-OH is 1. The molecule has 0 radical (unpaired) electrons. The number of amides is 2. The molecule has 0 aliphatic carbocycles. The van der Waals surface area contributed by atoms with E-state index in [-0.39, 0.29) is 36.4 Å². The Morgan fingerprint density at radius 3 is 2.64 bits per heavy atom. The average molecular weight is 640 g/mol. The zero-order chi connectivity index (χ0) is 29.9. The molecule has 3 saturated heterocycles. The molecule has 0 saturated carbocycles. The minimum absolute atomic E-state index is 0.0633. The lowest BCUT2D eigenvalue weighted by Gasteiger charge is -2.37. The van der Waals surface area contributed by atoms with Crippen LogP contribution in [0.2, 0.25) is 0 Å². The van der Waals surface area contributed by atoms with Crippen LogP contribution in [0.1, 0.15) is 38.5 Å². The van der Waals surface area contributed by atoms with Gasteiger partial charge in [0.05, 0.1) is 24.5 Å². The number of allylic oxidation sites excluding steroid dienone is 1. The average Bonchev–Trinajstić information content (AvgIpc) is 3.59. The molecule has 3 aliphatic rings. The molecule has 3 fully saturated rings. The molecule has 2 amide bonds. The molecule has 42 heavy (non-hydrogen) atoms. The van der Waals surface area contributed by atoms with Crippen LogP contribution >= 0.6 is 15.9 Å². The van der Waals surface area contributed by atoms with Crippen molar-refractivity contribution in [3.8, 4) is 0 Å². The summed E-state index contributed by atoms with van der Waals surface area (Å²) in [5, 5.41) is 11.3. The van der Waals surface area contributed by atoms with Gasteiger partial charge in [-0.25, -0.2) is 0 Å². The molecule has 0 aromatic heterocycles. The number of likely N-dealkylation sites (tertiary alicyclic amines) is 1. The quantitative estimate of drug-likeness (QED) is 0.138. The number of alkyl halides is 1. The molecule has 6 atom stereocenters. The lowest BCUT2D eigenvalue weighted by atomic mass is 9.70.